The summed E-state index contributed by atoms with van der Waals surface area (Å²) >= 11 is 5.65. The number of aromatic nitrogens is 1. The SMILES string of the molecule is Cc1ccc(NC(=O)COC(=O)c2cc(Cl)c[nH]2)c([N+](=O)[O-])c1. The van der Waals surface area contributed by atoms with Gasteiger partial charge in [-0.3, -0.25) is 14.9 Å². The number of halogens is 1. The molecule has 0 spiro atoms. The molecule has 1 heterocycles. The standard InChI is InChI=1S/C14H12ClN3O5/c1-8-2-3-10(12(4-8)18(21)22)17-13(19)7-23-14(20)11-5-9(15)6-16-11/h2-6,16H,7H2,1H3,(H,17,19). The van der Waals surface area contributed by atoms with Gasteiger partial charge in [0.05, 0.1) is 9.95 Å². The van der Waals surface area contributed by atoms with Crippen LogP contribution in [0, 0.1) is 17.0 Å². The zero-order valence-corrected chi connectivity index (χ0v) is 12.7. The van der Waals surface area contributed by atoms with Crippen molar-refractivity contribution in [2.75, 3.05) is 11.9 Å². The van der Waals surface area contributed by atoms with Crippen LogP contribution in [0.15, 0.2) is 30.5 Å². The number of benzene rings is 1. The summed E-state index contributed by atoms with van der Waals surface area (Å²) in [5.74, 6) is -1.45. The maximum atomic E-state index is 11.8. The quantitative estimate of drug-likeness (QED) is 0.494. The molecular weight excluding hydrogens is 326 g/mol. The number of anilines is 1. The lowest BCUT2D eigenvalue weighted by molar-refractivity contribution is -0.384. The van der Waals surface area contributed by atoms with E-state index in [2.05, 4.69) is 10.3 Å². The summed E-state index contributed by atoms with van der Waals surface area (Å²) in [5.41, 5.74) is 0.583. The van der Waals surface area contributed by atoms with E-state index >= 15 is 0 Å². The van der Waals surface area contributed by atoms with Gasteiger partial charge in [-0.2, -0.15) is 0 Å². The predicted molar refractivity (Wildman–Crippen MR) is 82.5 cm³/mol. The van der Waals surface area contributed by atoms with Gasteiger partial charge in [0.25, 0.3) is 11.6 Å². The van der Waals surface area contributed by atoms with Gasteiger partial charge in [-0.15, -0.1) is 0 Å². The minimum absolute atomic E-state index is 0.0320. The van der Waals surface area contributed by atoms with Crippen LogP contribution in [-0.2, 0) is 9.53 Å². The second-order valence-corrected chi connectivity index (χ2v) is 5.07. The van der Waals surface area contributed by atoms with Gasteiger partial charge in [0.15, 0.2) is 6.61 Å². The van der Waals surface area contributed by atoms with Crippen molar-refractivity contribution >= 4 is 34.9 Å². The molecule has 120 valence electrons. The molecule has 0 atom stereocenters. The van der Waals surface area contributed by atoms with Gasteiger partial charge in [-0.05, 0) is 24.6 Å². The second kappa shape index (κ2) is 6.93. The van der Waals surface area contributed by atoms with Crippen molar-refractivity contribution in [2.45, 2.75) is 6.92 Å². The fourth-order valence-corrected chi connectivity index (χ4v) is 1.94. The van der Waals surface area contributed by atoms with Crippen LogP contribution in [0.1, 0.15) is 16.1 Å². The lowest BCUT2D eigenvalue weighted by Gasteiger charge is -2.07. The van der Waals surface area contributed by atoms with E-state index in [4.69, 9.17) is 16.3 Å². The van der Waals surface area contributed by atoms with Crippen LogP contribution >= 0.6 is 11.6 Å². The van der Waals surface area contributed by atoms with Crippen molar-refractivity contribution in [3.05, 3.63) is 56.9 Å². The summed E-state index contributed by atoms with van der Waals surface area (Å²) in [7, 11) is 0. The maximum Gasteiger partial charge on any atom is 0.355 e. The third kappa shape index (κ3) is 4.30. The Morgan fingerprint density at radius 1 is 1.39 bits per heavy atom. The second-order valence-electron chi connectivity index (χ2n) is 4.63. The van der Waals surface area contributed by atoms with Crippen molar-refractivity contribution < 1.29 is 19.2 Å². The number of nitrogens with zero attached hydrogens (tertiary/aromatic N) is 1. The van der Waals surface area contributed by atoms with Crippen LogP contribution in [0.2, 0.25) is 5.02 Å². The van der Waals surface area contributed by atoms with Crippen LogP contribution in [-0.4, -0.2) is 28.4 Å². The van der Waals surface area contributed by atoms with E-state index in [-0.39, 0.29) is 17.1 Å². The van der Waals surface area contributed by atoms with Crippen LogP contribution in [0.25, 0.3) is 0 Å². The van der Waals surface area contributed by atoms with Crippen LogP contribution < -0.4 is 5.32 Å². The number of H-pyrrole nitrogens is 1. The number of aryl methyl sites for hydroxylation is 1. The predicted octanol–water partition coefficient (Wildman–Crippen LogP) is 2.68. The maximum absolute atomic E-state index is 11.8. The molecule has 0 fully saturated rings. The molecule has 0 radical (unpaired) electrons. The lowest BCUT2D eigenvalue weighted by Crippen LogP contribution is -2.21. The van der Waals surface area contributed by atoms with Gasteiger partial charge in [-0.25, -0.2) is 4.79 Å². The number of amides is 1. The Hall–Kier alpha value is -2.87. The molecule has 2 N–H and O–H groups in total. The summed E-state index contributed by atoms with van der Waals surface area (Å²) < 4.78 is 4.79. The van der Waals surface area contributed by atoms with E-state index in [1.54, 1.807) is 13.0 Å². The van der Waals surface area contributed by atoms with Gasteiger partial charge in [0, 0.05) is 12.3 Å². The average Bonchev–Trinajstić information content (AvgIpc) is 2.93. The van der Waals surface area contributed by atoms with E-state index in [1.807, 2.05) is 0 Å². The molecule has 1 aromatic carbocycles. The van der Waals surface area contributed by atoms with Crippen molar-refractivity contribution in [2.24, 2.45) is 0 Å². The minimum Gasteiger partial charge on any atom is -0.451 e. The molecule has 2 rings (SSSR count). The third-order valence-electron chi connectivity index (χ3n) is 2.83. The lowest BCUT2D eigenvalue weighted by atomic mass is 10.2. The zero-order valence-electron chi connectivity index (χ0n) is 12.0. The number of nitro benzene ring substituents is 1. The first-order chi connectivity index (χ1) is 10.9. The highest BCUT2D eigenvalue weighted by Crippen LogP contribution is 2.25. The summed E-state index contributed by atoms with van der Waals surface area (Å²) in [6.07, 6.45) is 1.40. The Morgan fingerprint density at radius 2 is 2.13 bits per heavy atom. The summed E-state index contributed by atoms with van der Waals surface area (Å²) in [5, 5.41) is 13.6. The van der Waals surface area contributed by atoms with Gasteiger partial charge in [0.1, 0.15) is 11.4 Å². The molecule has 0 saturated heterocycles. The number of aromatic amines is 1. The Bertz CT molecular complexity index is 772. The summed E-state index contributed by atoms with van der Waals surface area (Å²) in [6.45, 7) is 1.11. The highest BCUT2D eigenvalue weighted by atomic mass is 35.5. The molecule has 0 unspecified atom stereocenters. The van der Waals surface area contributed by atoms with E-state index in [0.29, 0.717) is 10.6 Å². The van der Waals surface area contributed by atoms with Crippen molar-refractivity contribution in [1.82, 2.24) is 4.98 Å². The fraction of sp³-hybridized carbons (Fsp3) is 0.143. The molecule has 1 amide bonds. The largest absolute Gasteiger partial charge is 0.451 e. The van der Waals surface area contributed by atoms with Crippen molar-refractivity contribution in [3.63, 3.8) is 0 Å². The van der Waals surface area contributed by atoms with Crippen LogP contribution in [0.5, 0.6) is 0 Å². The average molecular weight is 338 g/mol. The molecule has 0 aliphatic carbocycles. The Balaban J connectivity index is 1.97. The first-order valence-electron chi connectivity index (χ1n) is 6.43. The third-order valence-corrected chi connectivity index (χ3v) is 3.04. The van der Waals surface area contributed by atoms with Gasteiger partial charge in [0.2, 0.25) is 0 Å². The number of carbonyl (C=O) groups excluding carboxylic acids is 2. The highest BCUT2D eigenvalue weighted by Gasteiger charge is 2.17. The molecule has 0 bridgehead atoms. The molecule has 8 nitrogen and oxygen atoms in total. The van der Waals surface area contributed by atoms with Crippen molar-refractivity contribution in [1.29, 1.82) is 0 Å². The summed E-state index contributed by atoms with van der Waals surface area (Å²) in [4.78, 5) is 36.3. The number of nitro groups is 1. The first-order valence-corrected chi connectivity index (χ1v) is 6.80. The summed E-state index contributed by atoms with van der Waals surface area (Å²) in [6, 6.07) is 5.72. The van der Waals surface area contributed by atoms with Gasteiger partial charge < -0.3 is 15.0 Å². The van der Waals surface area contributed by atoms with Gasteiger partial charge >= 0.3 is 5.97 Å². The zero-order chi connectivity index (χ0) is 17.0. The van der Waals surface area contributed by atoms with E-state index in [1.165, 1.54) is 24.4 Å². The number of hydrogen-bond acceptors (Lipinski definition) is 5. The van der Waals surface area contributed by atoms with E-state index < -0.39 is 23.4 Å². The Kier molecular flexibility index (Phi) is 4.97. The number of nitrogens with one attached hydrogen (secondary N) is 2. The van der Waals surface area contributed by atoms with Gasteiger partial charge in [-0.1, -0.05) is 17.7 Å². The molecule has 9 heteroatoms. The molecular formula is C14H12ClN3O5. The number of ether oxygens (including phenoxy) is 1. The molecule has 0 saturated carbocycles. The molecule has 2 aromatic rings. The minimum atomic E-state index is -0.759. The van der Waals surface area contributed by atoms with Crippen LogP contribution in [0.4, 0.5) is 11.4 Å². The molecule has 23 heavy (non-hydrogen) atoms. The van der Waals surface area contributed by atoms with Crippen molar-refractivity contribution in [3.8, 4) is 0 Å². The number of rotatable bonds is 5. The Labute approximate surface area is 135 Å². The normalized spacial score (nSPS) is 10.2. The highest BCUT2D eigenvalue weighted by molar-refractivity contribution is 6.30. The molecule has 0 aliphatic heterocycles. The monoisotopic (exact) mass is 337 g/mol. The number of esters is 1. The topological polar surface area (TPSA) is 114 Å². The fourth-order valence-electron chi connectivity index (χ4n) is 1.78. The van der Waals surface area contributed by atoms with E-state index in [9.17, 15) is 19.7 Å². The van der Waals surface area contributed by atoms with E-state index in [0.717, 1.165) is 0 Å². The van der Waals surface area contributed by atoms with Crippen LogP contribution in [0.3, 0.4) is 0 Å². The Morgan fingerprint density at radius 3 is 2.74 bits per heavy atom. The number of hydrogen-bond donors (Lipinski definition) is 2. The molecule has 1 aromatic heterocycles. The molecule has 0 aliphatic rings. The smallest absolute Gasteiger partial charge is 0.355 e. The number of carbonyl (C=O) groups is 2. The first kappa shape index (κ1) is 16.5.